The number of nitrogens with one attached hydrogen (secondary N) is 3. The van der Waals surface area contributed by atoms with Crippen LogP contribution in [0.5, 0.6) is 0 Å². The maximum Gasteiger partial charge on any atom is 1.00 e. The molecule has 1 rings (SSSR count). The van der Waals surface area contributed by atoms with Crippen molar-refractivity contribution >= 4 is 5.69 Å². The number of nitrogens with zero attached hydrogens (tertiary/aromatic N) is 2. The quantitative estimate of drug-likeness (QED) is 0.325. The van der Waals surface area contributed by atoms with Crippen LogP contribution in [0.3, 0.4) is 0 Å². The van der Waals surface area contributed by atoms with Crippen molar-refractivity contribution in [3.05, 3.63) is 35.8 Å². The van der Waals surface area contributed by atoms with Gasteiger partial charge in [-0.1, -0.05) is 30.3 Å². The molecule has 0 aliphatic carbocycles. The van der Waals surface area contributed by atoms with Crippen LogP contribution in [0.25, 0.3) is 5.43 Å². The van der Waals surface area contributed by atoms with Crippen LogP contribution in [0.15, 0.2) is 30.3 Å². The molecule has 0 heterocycles. The van der Waals surface area contributed by atoms with E-state index in [-0.39, 0.29) is 18.9 Å². The van der Waals surface area contributed by atoms with E-state index in [1.807, 2.05) is 44.4 Å². The Morgan fingerprint density at radius 1 is 0.783 bits per heavy atom. The predicted octanol–water partition coefficient (Wildman–Crippen LogP) is -5.04. The fourth-order valence-corrected chi connectivity index (χ4v) is 1.78. The van der Waals surface area contributed by atoms with Crippen LogP contribution in [0.1, 0.15) is 0 Å². The van der Waals surface area contributed by atoms with Gasteiger partial charge in [0.1, 0.15) is 26.2 Å². The van der Waals surface area contributed by atoms with Crippen LogP contribution in [-0.4, -0.2) is 80.5 Å². The van der Waals surface area contributed by atoms with Crippen molar-refractivity contribution in [1.29, 1.82) is 0 Å². The molecule has 0 saturated carbocycles. The second-order valence-corrected chi connectivity index (χ2v) is 6.65. The van der Waals surface area contributed by atoms with Gasteiger partial charge in [-0.05, 0) is 14.1 Å². The van der Waals surface area contributed by atoms with Crippen LogP contribution in [-0.2, 0) is 0 Å². The van der Waals surface area contributed by atoms with Gasteiger partial charge in [-0.15, -0.1) is 5.69 Å². The SMILES string of the molecule is CN(C)[N-]c1ccccc1.C[NH+](C)CC[NH+](C)CC[NH+](C)C.[Li+]. The zero-order valence-corrected chi connectivity index (χ0v) is 16.6. The maximum atomic E-state index is 4.19. The molecule has 6 heteroatoms. The number of quaternary nitrogens is 3. The Bertz CT molecular complexity index is 345. The van der Waals surface area contributed by atoms with Crippen LogP contribution < -0.4 is 33.6 Å². The summed E-state index contributed by atoms with van der Waals surface area (Å²) >= 11 is 0. The number of hydrogen-bond acceptors (Lipinski definition) is 1. The smallest absolute Gasteiger partial charge is 0.620 e. The average molecular weight is 318 g/mol. The van der Waals surface area contributed by atoms with Crippen molar-refractivity contribution in [2.45, 2.75) is 0 Å². The van der Waals surface area contributed by atoms with Gasteiger partial charge in [-0.25, -0.2) is 0 Å². The van der Waals surface area contributed by atoms with Gasteiger partial charge in [0.25, 0.3) is 0 Å². The fraction of sp³-hybridized carbons (Fsp3) is 0.647. The van der Waals surface area contributed by atoms with Gasteiger partial charge < -0.3 is 25.1 Å². The van der Waals surface area contributed by atoms with E-state index >= 15 is 0 Å². The molecule has 0 fully saturated rings. The van der Waals surface area contributed by atoms with E-state index in [0.717, 1.165) is 5.69 Å². The molecule has 0 radical (unpaired) electrons. The Labute approximate surface area is 155 Å². The van der Waals surface area contributed by atoms with Gasteiger partial charge >= 0.3 is 18.9 Å². The number of benzene rings is 1. The van der Waals surface area contributed by atoms with Crippen LogP contribution in [0, 0.1) is 0 Å². The molecule has 128 valence electrons. The van der Waals surface area contributed by atoms with E-state index in [1.165, 1.54) is 26.2 Å². The van der Waals surface area contributed by atoms with Crippen LogP contribution in [0.2, 0.25) is 0 Å². The van der Waals surface area contributed by atoms with Gasteiger partial charge in [0, 0.05) is 0 Å². The Kier molecular flexibility index (Phi) is 16.1. The molecule has 0 saturated heterocycles. The van der Waals surface area contributed by atoms with E-state index < -0.39 is 0 Å². The summed E-state index contributed by atoms with van der Waals surface area (Å²) in [6.07, 6.45) is 0. The van der Waals surface area contributed by atoms with Crippen molar-refractivity contribution in [3.63, 3.8) is 0 Å². The molecule has 0 unspecified atom stereocenters. The topological polar surface area (TPSA) is 30.7 Å². The molecule has 1 aromatic carbocycles. The van der Waals surface area contributed by atoms with E-state index in [2.05, 4.69) is 40.7 Å². The maximum absolute atomic E-state index is 4.19. The van der Waals surface area contributed by atoms with Crippen LogP contribution in [0.4, 0.5) is 5.69 Å². The summed E-state index contributed by atoms with van der Waals surface area (Å²) < 4.78 is 0. The predicted molar refractivity (Wildman–Crippen MR) is 95.1 cm³/mol. The Morgan fingerprint density at radius 3 is 1.57 bits per heavy atom. The second-order valence-electron chi connectivity index (χ2n) is 6.65. The first kappa shape index (κ1) is 24.7. The monoisotopic (exact) mass is 318 g/mol. The third kappa shape index (κ3) is 17.6. The molecule has 0 aromatic heterocycles. The number of rotatable bonds is 8. The largest absolute Gasteiger partial charge is 1.00 e. The van der Waals surface area contributed by atoms with Gasteiger partial charge in [0.05, 0.1) is 35.2 Å². The first-order chi connectivity index (χ1) is 10.3. The van der Waals surface area contributed by atoms with Gasteiger partial charge in [0.2, 0.25) is 0 Å². The third-order valence-electron chi connectivity index (χ3n) is 3.18. The van der Waals surface area contributed by atoms with Crippen molar-refractivity contribution < 1.29 is 33.6 Å². The van der Waals surface area contributed by atoms with Crippen molar-refractivity contribution in [2.75, 3.05) is 75.5 Å². The summed E-state index contributed by atoms with van der Waals surface area (Å²) in [5.74, 6) is 0. The second kappa shape index (κ2) is 15.0. The first-order valence-electron chi connectivity index (χ1n) is 8.14. The fourth-order valence-electron chi connectivity index (χ4n) is 1.78. The summed E-state index contributed by atoms with van der Waals surface area (Å²) in [4.78, 5) is 4.75. The molecule has 1 aromatic rings. The van der Waals surface area contributed by atoms with E-state index in [9.17, 15) is 0 Å². The molecule has 0 aliphatic rings. The van der Waals surface area contributed by atoms with Crippen molar-refractivity contribution in [3.8, 4) is 0 Å². The molecule has 5 nitrogen and oxygen atoms in total. The Balaban J connectivity index is 0. The first-order valence-corrected chi connectivity index (χ1v) is 8.14. The number of likely N-dealkylation sites (N-methyl/N-ethyl adjacent to an activating group) is 3. The van der Waals surface area contributed by atoms with E-state index in [4.69, 9.17) is 0 Å². The molecular weight excluding hydrogens is 281 g/mol. The molecule has 0 bridgehead atoms. The molecule has 3 N–H and O–H groups in total. The average Bonchev–Trinajstić information content (AvgIpc) is 2.44. The summed E-state index contributed by atoms with van der Waals surface area (Å²) in [5.41, 5.74) is 5.19. The van der Waals surface area contributed by atoms with E-state index in [0.29, 0.717) is 0 Å². The normalized spacial score (nSPS) is 10.6. The summed E-state index contributed by atoms with van der Waals surface area (Å²) in [7, 11) is 15.0. The minimum atomic E-state index is 0. The number of hydrogen-bond donors (Lipinski definition) is 3. The third-order valence-corrected chi connectivity index (χ3v) is 3.18. The van der Waals surface area contributed by atoms with Gasteiger partial charge in [0.15, 0.2) is 0 Å². The zero-order valence-electron chi connectivity index (χ0n) is 16.6. The van der Waals surface area contributed by atoms with E-state index in [1.54, 1.807) is 19.7 Å². The minimum absolute atomic E-state index is 0. The molecule has 0 amide bonds. The summed E-state index contributed by atoms with van der Waals surface area (Å²) in [5, 5.41) is 1.79. The Hall–Kier alpha value is -0.543. The van der Waals surface area contributed by atoms with Gasteiger partial charge in [-0.3, -0.25) is 0 Å². The van der Waals surface area contributed by atoms with Crippen molar-refractivity contribution in [1.82, 2.24) is 5.01 Å². The molecule has 0 atom stereocenters. The molecule has 0 spiro atoms. The van der Waals surface area contributed by atoms with Crippen molar-refractivity contribution in [2.24, 2.45) is 0 Å². The zero-order chi connectivity index (χ0) is 17.0. The molecule has 0 aliphatic heterocycles. The van der Waals surface area contributed by atoms with Crippen LogP contribution >= 0.6 is 0 Å². The summed E-state index contributed by atoms with van der Waals surface area (Å²) in [6.45, 7) is 5.12. The molecule has 23 heavy (non-hydrogen) atoms. The summed E-state index contributed by atoms with van der Waals surface area (Å²) in [6, 6.07) is 9.87. The standard InChI is InChI=1S/C9H23N3.C8H11N2.Li/c1-10(2)6-8-12(5)9-7-11(3)4;1-10(2)9-8-6-4-3-5-7-8;/h6-9H2,1-5H3;3-7H,1-2H3;/q;-1;+1/p+3. The van der Waals surface area contributed by atoms with Gasteiger partial charge in [-0.2, -0.15) is 0 Å². The molecular formula is C17H37LiN5+3. The Morgan fingerprint density at radius 2 is 1.22 bits per heavy atom. The minimum Gasteiger partial charge on any atom is -0.620 e.